The van der Waals surface area contributed by atoms with Gasteiger partial charge in [-0.2, -0.15) is 0 Å². The van der Waals surface area contributed by atoms with Crippen molar-refractivity contribution in [2.24, 2.45) is 0 Å². The molecule has 0 radical (unpaired) electrons. The lowest BCUT2D eigenvalue weighted by Crippen LogP contribution is -2.57. The summed E-state index contributed by atoms with van der Waals surface area (Å²) in [6.07, 6.45) is 4.33. The number of nitrogens with zero attached hydrogens (tertiary/aromatic N) is 2. The molecule has 1 atom stereocenters. The highest BCUT2D eigenvalue weighted by molar-refractivity contribution is 5.85. The third-order valence-electron chi connectivity index (χ3n) is 4.02. The number of piperidine rings is 1. The minimum atomic E-state index is -0.314. The molecular weight excluding hydrogens is 284 g/mol. The number of pyridine rings is 1. The molecule has 2 aliphatic rings. The van der Waals surface area contributed by atoms with Crippen molar-refractivity contribution in [2.75, 3.05) is 13.1 Å². The standard InChI is InChI=1S/C15H20N4O3/c20-13-5-4-12(17-18-13)15(21)19-9-6-11(7-10-19)22-14-3-1-2-8-16-14/h1-3,8,11-12,17H,4-7,9-10H2,(H,18,20). The first-order valence-corrected chi connectivity index (χ1v) is 7.63. The Morgan fingerprint density at radius 2 is 2.09 bits per heavy atom. The SMILES string of the molecule is O=C1CCC(C(=O)N2CCC(Oc3ccccn3)CC2)NN1. The van der Waals surface area contributed by atoms with E-state index < -0.39 is 0 Å². The van der Waals surface area contributed by atoms with E-state index in [0.717, 1.165) is 12.8 Å². The molecule has 1 unspecified atom stereocenters. The first-order valence-electron chi connectivity index (χ1n) is 7.63. The molecule has 1 aromatic heterocycles. The summed E-state index contributed by atoms with van der Waals surface area (Å²) in [5, 5.41) is 0. The lowest BCUT2D eigenvalue weighted by atomic mass is 10.0. The highest BCUT2D eigenvalue weighted by atomic mass is 16.5. The van der Waals surface area contributed by atoms with E-state index in [9.17, 15) is 9.59 Å². The Kier molecular flexibility index (Phi) is 4.53. The maximum atomic E-state index is 12.4. The van der Waals surface area contributed by atoms with Gasteiger partial charge >= 0.3 is 0 Å². The van der Waals surface area contributed by atoms with Crippen molar-refractivity contribution in [2.45, 2.75) is 37.8 Å². The highest BCUT2D eigenvalue weighted by Crippen LogP contribution is 2.18. The van der Waals surface area contributed by atoms with Crippen LogP contribution in [0.15, 0.2) is 24.4 Å². The summed E-state index contributed by atoms with van der Waals surface area (Å²) in [6.45, 7) is 1.34. The quantitative estimate of drug-likeness (QED) is 0.835. The number of carbonyl (C=O) groups excluding carboxylic acids is 2. The van der Waals surface area contributed by atoms with Crippen molar-refractivity contribution in [1.82, 2.24) is 20.7 Å². The molecule has 7 heteroatoms. The molecule has 0 saturated carbocycles. The van der Waals surface area contributed by atoms with Crippen molar-refractivity contribution < 1.29 is 14.3 Å². The van der Waals surface area contributed by atoms with Gasteiger partial charge in [0.05, 0.1) is 0 Å². The number of amides is 2. The normalized spacial score (nSPS) is 23.0. The monoisotopic (exact) mass is 304 g/mol. The predicted molar refractivity (Wildman–Crippen MR) is 78.8 cm³/mol. The van der Waals surface area contributed by atoms with Crippen molar-refractivity contribution in [3.63, 3.8) is 0 Å². The van der Waals surface area contributed by atoms with Crippen LogP contribution in [0.2, 0.25) is 0 Å². The second-order valence-corrected chi connectivity index (χ2v) is 5.59. The van der Waals surface area contributed by atoms with Gasteiger partial charge in [0.15, 0.2) is 0 Å². The Hall–Kier alpha value is -2.15. The first-order chi connectivity index (χ1) is 10.7. The number of hydrazine groups is 1. The Labute approximate surface area is 129 Å². The molecule has 0 aromatic carbocycles. The fourth-order valence-corrected chi connectivity index (χ4v) is 2.76. The van der Waals surface area contributed by atoms with E-state index in [1.165, 1.54) is 0 Å². The molecule has 0 bridgehead atoms. The summed E-state index contributed by atoms with van der Waals surface area (Å²) in [5.41, 5.74) is 5.31. The fourth-order valence-electron chi connectivity index (χ4n) is 2.76. The number of hydrogen-bond donors (Lipinski definition) is 2. The van der Waals surface area contributed by atoms with Crippen LogP contribution in [-0.4, -0.2) is 46.9 Å². The molecule has 22 heavy (non-hydrogen) atoms. The van der Waals surface area contributed by atoms with Gasteiger partial charge < -0.3 is 9.64 Å². The average Bonchev–Trinajstić information content (AvgIpc) is 2.57. The largest absolute Gasteiger partial charge is 0.474 e. The van der Waals surface area contributed by atoms with E-state index in [0.29, 0.717) is 31.8 Å². The van der Waals surface area contributed by atoms with Gasteiger partial charge in [0.1, 0.15) is 12.1 Å². The maximum absolute atomic E-state index is 12.4. The molecule has 2 aliphatic heterocycles. The summed E-state index contributed by atoms with van der Waals surface area (Å²) in [4.78, 5) is 29.5. The molecule has 2 fully saturated rings. The van der Waals surface area contributed by atoms with Gasteiger partial charge in [0.25, 0.3) is 0 Å². The minimum Gasteiger partial charge on any atom is -0.474 e. The number of aromatic nitrogens is 1. The van der Waals surface area contributed by atoms with Crippen LogP contribution in [-0.2, 0) is 9.59 Å². The van der Waals surface area contributed by atoms with Gasteiger partial charge in [-0.3, -0.25) is 15.0 Å². The van der Waals surface area contributed by atoms with Crippen LogP contribution >= 0.6 is 0 Å². The number of nitrogens with one attached hydrogen (secondary N) is 2. The molecular formula is C15H20N4O3. The Balaban J connectivity index is 1.47. The van der Waals surface area contributed by atoms with E-state index >= 15 is 0 Å². The molecule has 7 nitrogen and oxygen atoms in total. The number of rotatable bonds is 3. The van der Waals surface area contributed by atoms with Crippen molar-refractivity contribution >= 4 is 11.8 Å². The molecule has 2 saturated heterocycles. The van der Waals surface area contributed by atoms with Crippen molar-refractivity contribution in [3.05, 3.63) is 24.4 Å². The lowest BCUT2D eigenvalue weighted by Gasteiger charge is -2.35. The van der Waals surface area contributed by atoms with Gasteiger partial charge in [-0.05, 0) is 12.5 Å². The minimum absolute atomic E-state index is 0.0521. The number of ether oxygens (including phenoxy) is 1. The predicted octanol–water partition coefficient (Wildman–Crippen LogP) is 0.235. The van der Waals surface area contributed by atoms with E-state index in [-0.39, 0.29) is 24.0 Å². The van der Waals surface area contributed by atoms with Crippen LogP contribution in [0.1, 0.15) is 25.7 Å². The molecule has 2 N–H and O–H groups in total. The molecule has 1 aromatic rings. The zero-order chi connectivity index (χ0) is 15.4. The van der Waals surface area contributed by atoms with Crippen LogP contribution in [0.25, 0.3) is 0 Å². The summed E-state index contributed by atoms with van der Waals surface area (Å²) in [5.74, 6) is 0.617. The third kappa shape index (κ3) is 3.54. The van der Waals surface area contributed by atoms with Crippen LogP contribution in [0, 0.1) is 0 Å². The molecule has 0 spiro atoms. The third-order valence-corrected chi connectivity index (χ3v) is 4.02. The smallest absolute Gasteiger partial charge is 0.241 e. The van der Waals surface area contributed by atoms with E-state index in [1.807, 2.05) is 23.1 Å². The van der Waals surface area contributed by atoms with Crippen molar-refractivity contribution in [1.29, 1.82) is 0 Å². The lowest BCUT2D eigenvalue weighted by molar-refractivity contribution is -0.138. The fraction of sp³-hybridized carbons (Fsp3) is 0.533. The van der Waals surface area contributed by atoms with Gasteiger partial charge in [-0.1, -0.05) is 6.07 Å². The molecule has 3 rings (SSSR count). The van der Waals surface area contributed by atoms with E-state index in [1.54, 1.807) is 6.20 Å². The summed E-state index contributed by atoms with van der Waals surface area (Å²) in [6, 6.07) is 5.27. The van der Waals surface area contributed by atoms with Gasteiger partial charge in [-0.15, -0.1) is 0 Å². The van der Waals surface area contributed by atoms with Crippen LogP contribution in [0.4, 0.5) is 0 Å². The number of carbonyl (C=O) groups is 2. The highest BCUT2D eigenvalue weighted by Gasteiger charge is 2.31. The second kappa shape index (κ2) is 6.74. The van der Waals surface area contributed by atoms with E-state index in [4.69, 9.17) is 4.74 Å². The Bertz CT molecular complexity index is 519. The maximum Gasteiger partial charge on any atom is 0.241 e. The summed E-state index contributed by atoms with van der Waals surface area (Å²) >= 11 is 0. The van der Waals surface area contributed by atoms with Gasteiger partial charge in [0, 0.05) is 44.6 Å². The molecule has 118 valence electrons. The number of likely N-dealkylation sites (tertiary alicyclic amines) is 1. The molecule has 2 amide bonds. The Morgan fingerprint density at radius 3 is 2.73 bits per heavy atom. The van der Waals surface area contributed by atoms with Crippen LogP contribution in [0.5, 0.6) is 5.88 Å². The number of hydrogen-bond acceptors (Lipinski definition) is 5. The molecule has 3 heterocycles. The zero-order valence-corrected chi connectivity index (χ0v) is 12.3. The zero-order valence-electron chi connectivity index (χ0n) is 12.3. The van der Waals surface area contributed by atoms with Gasteiger partial charge in [0.2, 0.25) is 17.7 Å². The molecule has 0 aliphatic carbocycles. The van der Waals surface area contributed by atoms with Crippen LogP contribution in [0.3, 0.4) is 0 Å². The first kappa shape index (κ1) is 14.8. The average molecular weight is 304 g/mol. The van der Waals surface area contributed by atoms with E-state index in [2.05, 4.69) is 15.8 Å². The van der Waals surface area contributed by atoms with Gasteiger partial charge in [-0.25, -0.2) is 10.4 Å². The summed E-state index contributed by atoms with van der Waals surface area (Å²) in [7, 11) is 0. The topological polar surface area (TPSA) is 83.6 Å². The second-order valence-electron chi connectivity index (χ2n) is 5.59. The Morgan fingerprint density at radius 1 is 1.27 bits per heavy atom. The summed E-state index contributed by atoms with van der Waals surface area (Å²) < 4.78 is 5.82. The van der Waals surface area contributed by atoms with Crippen LogP contribution < -0.4 is 15.6 Å². The van der Waals surface area contributed by atoms with Crippen molar-refractivity contribution in [3.8, 4) is 5.88 Å².